The second kappa shape index (κ2) is 8.83. The number of ether oxygens (including phenoxy) is 1. The fourth-order valence-corrected chi connectivity index (χ4v) is 4.92. The van der Waals surface area contributed by atoms with Crippen molar-refractivity contribution in [1.82, 2.24) is 20.2 Å². The SMILES string of the molecule is COc1ccc(C(=O)O)cc1S(=O)(=O)Nc1cc(-n2cnnn2)ccc1N1CCCCC1. The molecule has 0 amide bonds. The number of sulfonamides is 1. The lowest BCUT2D eigenvalue weighted by Crippen LogP contribution is -2.30. The number of carbonyl (C=O) groups is 1. The Balaban J connectivity index is 1.78. The third-order valence-corrected chi connectivity index (χ3v) is 6.62. The number of carboxylic acid groups (broad SMARTS) is 1. The Morgan fingerprint density at radius 2 is 1.91 bits per heavy atom. The van der Waals surface area contributed by atoms with Crippen molar-refractivity contribution in [1.29, 1.82) is 0 Å². The summed E-state index contributed by atoms with van der Waals surface area (Å²) < 4.78 is 35.9. The van der Waals surface area contributed by atoms with Crippen molar-refractivity contribution in [3.8, 4) is 11.4 Å². The molecular weight excluding hydrogens is 436 g/mol. The van der Waals surface area contributed by atoms with Gasteiger partial charge in [-0.3, -0.25) is 4.72 Å². The van der Waals surface area contributed by atoms with E-state index in [0.29, 0.717) is 11.4 Å². The van der Waals surface area contributed by atoms with Crippen molar-refractivity contribution in [2.45, 2.75) is 24.2 Å². The largest absolute Gasteiger partial charge is 0.495 e. The summed E-state index contributed by atoms with van der Waals surface area (Å²) in [6.45, 7) is 1.60. The van der Waals surface area contributed by atoms with Crippen molar-refractivity contribution < 1.29 is 23.1 Å². The number of aromatic carboxylic acids is 1. The van der Waals surface area contributed by atoms with Crippen LogP contribution in [-0.4, -0.2) is 59.9 Å². The van der Waals surface area contributed by atoms with E-state index in [1.54, 1.807) is 6.07 Å². The van der Waals surface area contributed by atoms with Gasteiger partial charge in [0, 0.05) is 13.1 Å². The first-order valence-electron chi connectivity index (χ1n) is 9.95. The molecule has 0 saturated carbocycles. The van der Waals surface area contributed by atoms with E-state index in [9.17, 15) is 18.3 Å². The molecule has 0 unspecified atom stereocenters. The highest BCUT2D eigenvalue weighted by atomic mass is 32.2. The zero-order valence-corrected chi connectivity index (χ0v) is 18.1. The van der Waals surface area contributed by atoms with Gasteiger partial charge in [-0.1, -0.05) is 0 Å². The number of carboxylic acids is 1. The molecule has 3 aromatic rings. The Morgan fingerprint density at radius 1 is 1.12 bits per heavy atom. The lowest BCUT2D eigenvalue weighted by Gasteiger charge is -2.31. The van der Waals surface area contributed by atoms with Crippen molar-refractivity contribution in [2.75, 3.05) is 29.8 Å². The zero-order chi connectivity index (χ0) is 22.7. The summed E-state index contributed by atoms with van der Waals surface area (Å²) in [4.78, 5) is 13.2. The molecule has 168 valence electrons. The first kappa shape index (κ1) is 21.6. The fourth-order valence-electron chi connectivity index (χ4n) is 3.66. The molecule has 4 rings (SSSR count). The molecule has 0 bridgehead atoms. The van der Waals surface area contributed by atoms with Gasteiger partial charge in [0.15, 0.2) is 0 Å². The Hall–Kier alpha value is -3.67. The van der Waals surface area contributed by atoms with Crippen molar-refractivity contribution >= 4 is 27.4 Å². The van der Waals surface area contributed by atoms with Crippen LogP contribution in [0.1, 0.15) is 29.6 Å². The topological polar surface area (TPSA) is 140 Å². The number of hydrogen-bond acceptors (Lipinski definition) is 8. The molecule has 0 atom stereocenters. The average molecular weight is 459 g/mol. The maximum absolute atomic E-state index is 13.3. The number of methoxy groups -OCH3 is 1. The standard InChI is InChI=1S/C20H22N6O5S/c1-31-18-8-5-14(20(27)28)11-19(18)32(29,30)22-16-12-15(26-13-21-23-24-26)6-7-17(16)25-9-3-2-4-10-25/h5-8,11-13,22H,2-4,9-10H2,1H3,(H,27,28). The number of benzene rings is 2. The quantitative estimate of drug-likeness (QED) is 0.545. The predicted molar refractivity (Wildman–Crippen MR) is 116 cm³/mol. The minimum atomic E-state index is -4.18. The minimum absolute atomic E-state index is 0.0404. The van der Waals surface area contributed by atoms with Crippen LogP contribution in [-0.2, 0) is 10.0 Å². The summed E-state index contributed by atoms with van der Waals surface area (Å²) in [7, 11) is -2.86. The van der Waals surface area contributed by atoms with E-state index in [2.05, 4.69) is 25.1 Å². The van der Waals surface area contributed by atoms with Crippen molar-refractivity contribution in [3.63, 3.8) is 0 Å². The molecule has 1 aromatic heterocycles. The lowest BCUT2D eigenvalue weighted by atomic mass is 10.1. The Bertz CT molecular complexity index is 1220. The summed E-state index contributed by atoms with van der Waals surface area (Å²) in [5, 5.41) is 20.4. The second-order valence-corrected chi connectivity index (χ2v) is 8.93. The molecule has 1 aliphatic heterocycles. The van der Waals surface area contributed by atoms with E-state index in [1.807, 2.05) is 12.1 Å². The van der Waals surface area contributed by atoms with Gasteiger partial charge in [-0.05, 0) is 66.1 Å². The number of anilines is 2. The van der Waals surface area contributed by atoms with Crippen LogP contribution in [0.15, 0.2) is 47.6 Å². The minimum Gasteiger partial charge on any atom is -0.495 e. The number of nitrogens with one attached hydrogen (secondary N) is 1. The van der Waals surface area contributed by atoms with Gasteiger partial charge in [0.05, 0.1) is 29.7 Å². The van der Waals surface area contributed by atoms with Crippen LogP contribution in [0.2, 0.25) is 0 Å². The molecule has 12 heteroatoms. The Kier molecular flexibility index (Phi) is 5.95. The van der Waals surface area contributed by atoms with Crippen LogP contribution in [0.25, 0.3) is 5.69 Å². The van der Waals surface area contributed by atoms with Crippen LogP contribution >= 0.6 is 0 Å². The highest BCUT2D eigenvalue weighted by Gasteiger charge is 2.25. The molecule has 32 heavy (non-hydrogen) atoms. The maximum atomic E-state index is 13.3. The molecule has 1 fully saturated rings. The van der Waals surface area contributed by atoms with E-state index < -0.39 is 16.0 Å². The van der Waals surface area contributed by atoms with Gasteiger partial charge in [-0.25, -0.2) is 17.9 Å². The van der Waals surface area contributed by atoms with Gasteiger partial charge in [0.2, 0.25) is 0 Å². The third-order valence-electron chi connectivity index (χ3n) is 5.23. The third kappa shape index (κ3) is 4.35. The smallest absolute Gasteiger partial charge is 0.335 e. The van der Waals surface area contributed by atoms with Crippen LogP contribution < -0.4 is 14.4 Å². The first-order chi connectivity index (χ1) is 15.4. The van der Waals surface area contributed by atoms with Crippen LogP contribution in [0.3, 0.4) is 0 Å². The molecule has 2 N–H and O–H groups in total. The highest BCUT2D eigenvalue weighted by molar-refractivity contribution is 7.92. The molecule has 0 aliphatic carbocycles. The Morgan fingerprint density at radius 3 is 2.56 bits per heavy atom. The number of hydrogen-bond donors (Lipinski definition) is 2. The van der Waals surface area contributed by atoms with Gasteiger partial charge in [-0.15, -0.1) is 5.10 Å². The van der Waals surface area contributed by atoms with Gasteiger partial charge in [0.1, 0.15) is 17.0 Å². The summed E-state index contributed by atoms with van der Waals surface area (Å²) in [6.07, 6.45) is 4.55. The Labute approximate surface area is 184 Å². The maximum Gasteiger partial charge on any atom is 0.335 e. The second-order valence-electron chi connectivity index (χ2n) is 7.28. The monoisotopic (exact) mass is 458 g/mol. The normalized spacial score (nSPS) is 14.2. The molecule has 0 spiro atoms. The molecule has 2 heterocycles. The van der Waals surface area contributed by atoms with E-state index >= 15 is 0 Å². The van der Waals surface area contributed by atoms with E-state index in [-0.39, 0.29) is 16.2 Å². The van der Waals surface area contributed by atoms with Crippen molar-refractivity contribution in [3.05, 3.63) is 48.3 Å². The predicted octanol–water partition coefficient (Wildman–Crippen LogP) is 2.16. The number of nitrogens with zero attached hydrogens (tertiary/aromatic N) is 5. The number of tetrazole rings is 1. The number of piperidine rings is 1. The van der Waals surface area contributed by atoms with Gasteiger partial charge < -0.3 is 14.7 Å². The average Bonchev–Trinajstić information content (AvgIpc) is 3.34. The van der Waals surface area contributed by atoms with Crippen LogP contribution in [0.4, 0.5) is 11.4 Å². The molecule has 2 aromatic carbocycles. The number of aromatic nitrogens is 4. The summed E-state index contributed by atoms with van der Waals surface area (Å²) >= 11 is 0. The summed E-state index contributed by atoms with van der Waals surface area (Å²) in [5.74, 6) is -1.20. The van der Waals surface area contributed by atoms with Gasteiger partial charge in [-0.2, -0.15) is 0 Å². The van der Waals surface area contributed by atoms with E-state index in [1.165, 1.54) is 30.3 Å². The zero-order valence-electron chi connectivity index (χ0n) is 17.3. The fraction of sp³-hybridized carbons (Fsp3) is 0.300. The van der Waals surface area contributed by atoms with E-state index in [4.69, 9.17) is 4.74 Å². The molecular formula is C20H22N6O5S. The molecule has 1 aliphatic rings. The van der Waals surface area contributed by atoms with Gasteiger partial charge in [0.25, 0.3) is 10.0 Å². The van der Waals surface area contributed by atoms with Gasteiger partial charge >= 0.3 is 5.97 Å². The van der Waals surface area contributed by atoms with Crippen LogP contribution in [0.5, 0.6) is 5.75 Å². The van der Waals surface area contributed by atoms with Crippen LogP contribution in [0, 0.1) is 0 Å². The van der Waals surface area contributed by atoms with E-state index in [0.717, 1.165) is 44.1 Å². The highest BCUT2D eigenvalue weighted by Crippen LogP contribution is 2.34. The number of rotatable bonds is 7. The summed E-state index contributed by atoms with van der Waals surface area (Å²) in [5.41, 5.74) is 1.46. The lowest BCUT2D eigenvalue weighted by molar-refractivity contribution is 0.0696. The molecule has 11 nitrogen and oxygen atoms in total. The molecule has 0 radical (unpaired) electrons. The summed E-state index contributed by atoms with van der Waals surface area (Å²) in [6, 6.07) is 8.97. The first-order valence-corrected chi connectivity index (χ1v) is 11.4. The molecule has 1 saturated heterocycles. The van der Waals surface area contributed by atoms with Crippen molar-refractivity contribution in [2.24, 2.45) is 0 Å².